The minimum Gasteiger partial charge on any atom is -0.451 e. The fourth-order valence-electron chi connectivity index (χ4n) is 1.84. The van der Waals surface area contributed by atoms with Crippen LogP contribution < -0.4 is 4.90 Å². The summed E-state index contributed by atoms with van der Waals surface area (Å²) in [4.78, 5) is 14.0. The molecule has 1 aliphatic heterocycles. The van der Waals surface area contributed by atoms with Gasteiger partial charge in [0.1, 0.15) is 11.6 Å². The van der Waals surface area contributed by atoms with Crippen molar-refractivity contribution in [3.05, 3.63) is 56.6 Å². The molecule has 21 heavy (non-hydrogen) atoms. The number of para-hydroxylation sites is 1. The van der Waals surface area contributed by atoms with E-state index in [0.717, 1.165) is 15.5 Å². The molecular weight excluding hydrogens is 424 g/mol. The van der Waals surface area contributed by atoms with Crippen LogP contribution >= 0.6 is 46.6 Å². The second-order valence-corrected chi connectivity index (χ2v) is 6.85. The zero-order valence-corrected chi connectivity index (χ0v) is 14.2. The molecule has 0 unspecified atom stereocenters. The molecule has 0 aliphatic carbocycles. The smallest absolute Gasteiger partial charge is 0.270 e. The summed E-state index contributed by atoms with van der Waals surface area (Å²) in [6.07, 6.45) is 1.61. The van der Waals surface area contributed by atoms with E-state index in [-0.39, 0.29) is 11.6 Å². The Morgan fingerprint density at radius 3 is 2.71 bits per heavy atom. The summed E-state index contributed by atoms with van der Waals surface area (Å²) in [5.74, 6) is -0.266. The fourth-order valence-corrected chi connectivity index (χ4v) is 3.54. The minimum absolute atomic E-state index is 0.164. The van der Waals surface area contributed by atoms with E-state index in [4.69, 9.17) is 16.6 Å². The molecular formula is C14H7FINO2S2. The number of furan rings is 1. The van der Waals surface area contributed by atoms with Gasteiger partial charge in [-0.15, -0.1) is 0 Å². The molecule has 0 atom stereocenters. The predicted octanol–water partition coefficient (Wildman–Crippen LogP) is 4.43. The van der Waals surface area contributed by atoms with Gasteiger partial charge < -0.3 is 4.42 Å². The Hall–Kier alpha value is -1.19. The first-order valence-electron chi connectivity index (χ1n) is 5.84. The number of carbonyl (C=O) groups excluding carboxylic acids is 1. The van der Waals surface area contributed by atoms with Gasteiger partial charge in [-0.2, -0.15) is 0 Å². The number of halogens is 2. The monoisotopic (exact) mass is 431 g/mol. The molecule has 0 spiro atoms. The number of carbonyl (C=O) groups is 1. The molecule has 0 saturated carbocycles. The van der Waals surface area contributed by atoms with Crippen molar-refractivity contribution in [1.29, 1.82) is 0 Å². The van der Waals surface area contributed by atoms with Crippen molar-refractivity contribution in [2.75, 3.05) is 4.90 Å². The molecule has 2 aromatic rings. The van der Waals surface area contributed by atoms with E-state index < -0.39 is 5.82 Å². The lowest BCUT2D eigenvalue weighted by Crippen LogP contribution is -2.28. The summed E-state index contributed by atoms with van der Waals surface area (Å²) in [7, 11) is 0. The molecule has 7 heteroatoms. The Labute approximate surface area is 143 Å². The van der Waals surface area contributed by atoms with Gasteiger partial charge in [-0.25, -0.2) is 4.39 Å². The summed E-state index contributed by atoms with van der Waals surface area (Å²) in [6, 6.07) is 9.61. The SMILES string of the molecule is O=C1/C(=C\c2ccc(I)o2)SC(=S)N1c1ccccc1F. The van der Waals surface area contributed by atoms with Gasteiger partial charge in [0.05, 0.1) is 10.6 Å². The van der Waals surface area contributed by atoms with E-state index in [0.29, 0.717) is 15.0 Å². The topological polar surface area (TPSA) is 33.5 Å². The number of hydrogen-bond acceptors (Lipinski definition) is 4. The van der Waals surface area contributed by atoms with E-state index in [1.807, 2.05) is 22.6 Å². The predicted molar refractivity (Wildman–Crippen MR) is 93.5 cm³/mol. The number of benzene rings is 1. The third-order valence-electron chi connectivity index (χ3n) is 2.75. The first-order valence-corrected chi connectivity index (χ1v) is 8.14. The summed E-state index contributed by atoms with van der Waals surface area (Å²) in [6.45, 7) is 0. The zero-order valence-electron chi connectivity index (χ0n) is 10.4. The van der Waals surface area contributed by atoms with E-state index in [2.05, 4.69) is 0 Å². The second-order valence-electron chi connectivity index (χ2n) is 4.11. The van der Waals surface area contributed by atoms with Crippen molar-refractivity contribution in [2.24, 2.45) is 0 Å². The molecule has 1 saturated heterocycles. The van der Waals surface area contributed by atoms with Gasteiger partial charge in [-0.1, -0.05) is 36.1 Å². The van der Waals surface area contributed by atoms with Crippen molar-refractivity contribution >= 4 is 68.6 Å². The van der Waals surface area contributed by atoms with Gasteiger partial charge in [0, 0.05) is 6.08 Å². The van der Waals surface area contributed by atoms with Crippen LogP contribution in [0.3, 0.4) is 0 Å². The number of amides is 1. The molecule has 1 aromatic heterocycles. The molecule has 106 valence electrons. The summed E-state index contributed by atoms with van der Waals surface area (Å²) < 4.78 is 20.3. The van der Waals surface area contributed by atoms with Crippen molar-refractivity contribution in [2.45, 2.75) is 0 Å². The normalized spacial score (nSPS) is 17.0. The molecule has 0 N–H and O–H groups in total. The van der Waals surface area contributed by atoms with Gasteiger partial charge >= 0.3 is 0 Å². The highest BCUT2D eigenvalue weighted by molar-refractivity contribution is 14.1. The van der Waals surface area contributed by atoms with Crippen LogP contribution in [0, 0.1) is 9.58 Å². The van der Waals surface area contributed by atoms with Crippen LogP contribution in [0.5, 0.6) is 0 Å². The van der Waals surface area contributed by atoms with Crippen LogP contribution in [0.4, 0.5) is 10.1 Å². The Bertz CT molecular complexity index is 772. The molecule has 0 radical (unpaired) electrons. The van der Waals surface area contributed by atoms with Crippen LogP contribution in [0.2, 0.25) is 0 Å². The maximum atomic E-state index is 13.8. The van der Waals surface area contributed by atoms with Crippen molar-refractivity contribution in [3.8, 4) is 0 Å². The van der Waals surface area contributed by atoms with Gasteiger partial charge in [-0.05, 0) is 46.9 Å². The molecule has 1 aromatic carbocycles. The molecule has 1 amide bonds. The second kappa shape index (κ2) is 5.90. The van der Waals surface area contributed by atoms with E-state index in [1.165, 1.54) is 17.0 Å². The lowest BCUT2D eigenvalue weighted by molar-refractivity contribution is -0.113. The van der Waals surface area contributed by atoms with Gasteiger partial charge in [-0.3, -0.25) is 9.69 Å². The minimum atomic E-state index is -0.484. The highest BCUT2D eigenvalue weighted by Crippen LogP contribution is 2.37. The van der Waals surface area contributed by atoms with E-state index >= 15 is 0 Å². The molecule has 1 fully saturated rings. The standard InChI is InChI=1S/C14H7FINO2S2/c15-9-3-1-2-4-10(9)17-13(18)11(21-14(17)20)7-8-5-6-12(16)19-8/h1-7H/b11-7+. The van der Waals surface area contributed by atoms with E-state index in [9.17, 15) is 9.18 Å². The van der Waals surface area contributed by atoms with Gasteiger partial charge in [0.25, 0.3) is 5.91 Å². The molecule has 0 bridgehead atoms. The number of thioether (sulfide) groups is 1. The number of nitrogens with zero attached hydrogens (tertiary/aromatic N) is 1. The maximum absolute atomic E-state index is 13.8. The molecule has 3 nitrogen and oxygen atoms in total. The van der Waals surface area contributed by atoms with Crippen LogP contribution in [0.25, 0.3) is 6.08 Å². The highest BCUT2D eigenvalue weighted by atomic mass is 127. The number of rotatable bonds is 2. The lowest BCUT2D eigenvalue weighted by atomic mass is 10.2. The van der Waals surface area contributed by atoms with E-state index in [1.54, 1.807) is 30.3 Å². The van der Waals surface area contributed by atoms with Crippen LogP contribution in [0.15, 0.2) is 45.7 Å². The Morgan fingerprint density at radius 1 is 1.29 bits per heavy atom. The van der Waals surface area contributed by atoms with Gasteiger partial charge in [0.2, 0.25) is 0 Å². The Kier molecular flexibility index (Phi) is 4.14. The average Bonchev–Trinajstić information content (AvgIpc) is 2.96. The number of hydrogen-bond donors (Lipinski definition) is 0. The molecule has 1 aliphatic rings. The maximum Gasteiger partial charge on any atom is 0.270 e. The quantitative estimate of drug-likeness (QED) is 0.400. The lowest BCUT2D eigenvalue weighted by Gasteiger charge is -2.14. The van der Waals surface area contributed by atoms with Crippen molar-refractivity contribution < 1.29 is 13.6 Å². The van der Waals surface area contributed by atoms with Gasteiger partial charge in [0.15, 0.2) is 8.09 Å². The Morgan fingerprint density at radius 2 is 2.05 bits per heavy atom. The molecule has 3 rings (SSSR count). The number of thiocarbonyl (C=S) groups is 1. The van der Waals surface area contributed by atoms with Crippen molar-refractivity contribution in [1.82, 2.24) is 0 Å². The first-order chi connectivity index (χ1) is 10.1. The first kappa shape index (κ1) is 14.7. The third kappa shape index (κ3) is 2.90. The van der Waals surface area contributed by atoms with Crippen molar-refractivity contribution in [3.63, 3.8) is 0 Å². The number of anilines is 1. The largest absolute Gasteiger partial charge is 0.451 e. The fraction of sp³-hybridized carbons (Fsp3) is 0. The third-order valence-corrected chi connectivity index (χ3v) is 4.64. The molecule has 2 heterocycles. The summed E-state index contributed by atoms with van der Waals surface area (Å²) in [5, 5.41) is 0. The van der Waals surface area contributed by atoms with Crippen LogP contribution in [0.1, 0.15) is 5.76 Å². The van der Waals surface area contributed by atoms with Crippen LogP contribution in [-0.2, 0) is 4.79 Å². The summed E-state index contributed by atoms with van der Waals surface area (Å²) in [5.41, 5.74) is 0.164. The summed E-state index contributed by atoms with van der Waals surface area (Å²) >= 11 is 8.36. The van der Waals surface area contributed by atoms with Crippen LogP contribution in [-0.4, -0.2) is 10.2 Å². The highest BCUT2D eigenvalue weighted by Gasteiger charge is 2.34. The zero-order chi connectivity index (χ0) is 15.0. The Balaban J connectivity index is 1.96. The average molecular weight is 431 g/mol.